The molecule has 5 nitrogen and oxygen atoms in total. The zero-order valence-electron chi connectivity index (χ0n) is 10.2. The number of urea groups is 1. The van der Waals surface area contributed by atoms with Crippen molar-refractivity contribution in [2.24, 2.45) is 10.7 Å². The number of aliphatic imine (C=N–C) groups is 1. The summed E-state index contributed by atoms with van der Waals surface area (Å²) in [6.45, 7) is 3.87. The van der Waals surface area contributed by atoms with Crippen LogP contribution in [0.5, 0.6) is 0 Å². The standard InChI is InChI=1S/C12H15ClN4O/c1-12(2)8-5-7(15-10(14)6-13)3-4-9(8)16-11(18)17-12/h3-5H,6H2,1-2H3,(H2,14,15)(H2,16,17,18). The Labute approximate surface area is 110 Å². The highest BCUT2D eigenvalue weighted by Gasteiger charge is 2.30. The zero-order chi connectivity index (χ0) is 13.3. The highest BCUT2D eigenvalue weighted by molar-refractivity contribution is 6.28. The maximum atomic E-state index is 11.5. The van der Waals surface area contributed by atoms with Gasteiger partial charge in [0, 0.05) is 11.3 Å². The molecule has 0 fully saturated rings. The summed E-state index contributed by atoms with van der Waals surface area (Å²) in [5.41, 5.74) is 7.63. The number of carbonyl (C=O) groups excluding carboxylic acids is 1. The van der Waals surface area contributed by atoms with Gasteiger partial charge in [0.1, 0.15) is 5.84 Å². The third kappa shape index (κ3) is 2.41. The van der Waals surface area contributed by atoms with Crippen LogP contribution in [0.2, 0.25) is 0 Å². The van der Waals surface area contributed by atoms with Crippen LogP contribution in [0, 0.1) is 0 Å². The van der Waals surface area contributed by atoms with E-state index in [1.165, 1.54) is 0 Å². The Kier molecular flexibility index (Phi) is 3.17. The fourth-order valence-corrected chi connectivity index (χ4v) is 1.99. The van der Waals surface area contributed by atoms with E-state index in [-0.39, 0.29) is 11.9 Å². The van der Waals surface area contributed by atoms with Crippen LogP contribution >= 0.6 is 11.6 Å². The van der Waals surface area contributed by atoms with Crippen molar-refractivity contribution in [3.05, 3.63) is 23.8 Å². The summed E-state index contributed by atoms with van der Waals surface area (Å²) in [5.74, 6) is 0.553. The molecule has 0 spiro atoms. The molecular weight excluding hydrogens is 252 g/mol. The van der Waals surface area contributed by atoms with Gasteiger partial charge in [0.15, 0.2) is 0 Å². The van der Waals surface area contributed by atoms with Crippen LogP contribution in [0.15, 0.2) is 23.2 Å². The maximum Gasteiger partial charge on any atom is 0.319 e. The first-order valence-corrected chi connectivity index (χ1v) is 6.08. The van der Waals surface area contributed by atoms with Crippen molar-refractivity contribution in [3.8, 4) is 0 Å². The van der Waals surface area contributed by atoms with E-state index in [1.54, 1.807) is 6.07 Å². The topological polar surface area (TPSA) is 79.5 Å². The predicted octanol–water partition coefficient (Wildman–Crippen LogP) is 2.28. The summed E-state index contributed by atoms with van der Waals surface area (Å²) < 4.78 is 0. The second-order valence-corrected chi connectivity index (χ2v) is 4.94. The number of rotatable bonds is 2. The molecule has 0 unspecified atom stereocenters. The summed E-state index contributed by atoms with van der Waals surface area (Å²) in [6, 6.07) is 5.29. The molecule has 0 saturated carbocycles. The number of amides is 2. The quantitative estimate of drug-likeness (QED) is 0.436. The van der Waals surface area contributed by atoms with Crippen molar-refractivity contribution in [1.29, 1.82) is 0 Å². The first-order valence-electron chi connectivity index (χ1n) is 5.55. The van der Waals surface area contributed by atoms with Crippen LogP contribution in [-0.4, -0.2) is 17.7 Å². The predicted molar refractivity (Wildman–Crippen MR) is 73.6 cm³/mol. The minimum atomic E-state index is -0.446. The number of halogens is 1. The van der Waals surface area contributed by atoms with Crippen molar-refractivity contribution >= 4 is 34.8 Å². The van der Waals surface area contributed by atoms with Gasteiger partial charge in [0.25, 0.3) is 0 Å². The van der Waals surface area contributed by atoms with Crippen LogP contribution in [0.1, 0.15) is 19.4 Å². The highest BCUT2D eigenvalue weighted by Crippen LogP contribution is 2.34. The number of carbonyl (C=O) groups is 1. The Balaban J connectivity index is 2.46. The Morgan fingerprint density at radius 2 is 2.22 bits per heavy atom. The normalized spacial score (nSPS) is 17.7. The maximum absolute atomic E-state index is 11.5. The molecule has 2 rings (SSSR count). The van der Waals surface area contributed by atoms with E-state index in [4.69, 9.17) is 17.3 Å². The van der Waals surface area contributed by atoms with Gasteiger partial charge < -0.3 is 16.4 Å². The van der Waals surface area contributed by atoms with Crippen LogP contribution in [0.4, 0.5) is 16.2 Å². The Bertz CT molecular complexity index is 525. The molecule has 1 aliphatic rings. The summed E-state index contributed by atoms with van der Waals surface area (Å²) in [4.78, 5) is 15.7. The number of hydrogen-bond acceptors (Lipinski definition) is 2. The van der Waals surface area contributed by atoms with E-state index in [0.717, 1.165) is 16.9 Å². The van der Waals surface area contributed by atoms with Gasteiger partial charge in [-0.3, -0.25) is 0 Å². The molecular formula is C12H15ClN4O. The van der Waals surface area contributed by atoms with E-state index < -0.39 is 5.54 Å². The molecule has 0 saturated heterocycles. The van der Waals surface area contributed by atoms with Gasteiger partial charge in [0.2, 0.25) is 0 Å². The number of fused-ring (bicyclic) bond motifs is 1. The number of nitrogens with zero attached hydrogens (tertiary/aromatic N) is 1. The summed E-state index contributed by atoms with van der Waals surface area (Å²) in [7, 11) is 0. The van der Waals surface area contributed by atoms with Gasteiger partial charge in [-0.05, 0) is 32.0 Å². The van der Waals surface area contributed by atoms with Crippen LogP contribution in [-0.2, 0) is 5.54 Å². The third-order valence-corrected chi connectivity index (χ3v) is 3.03. The first-order chi connectivity index (χ1) is 8.42. The highest BCUT2D eigenvalue weighted by atomic mass is 35.5. The van der Waals surface area contributed by atoms with Gasteiger partial charge >= 0.3 is 6.03 Å². The van der Waals surface area contributed by atoms with E-state index >= 15 is 0 Å². The fraction of sp³-hybridized carbons (Fsp3) is 0.333. The van der Waals surface area contributed by atoms with Gasteiger partial charge in [0.05, 0.1) is 17.1 Å². The molecule has 18 heavy (non-hydrogen) atoms. The molecule has 1 aromatic carbocycles. The Morgan fingerprint density at radius 3 is 2.89 bits per heavy atom. The van der Waals surface area contributed by atoms with Gasteiger partial charge in [-0.25, -0.2) is 9.79 Å². The van der Waals surface area contributed by atoms with Gasteiger partial charge in [-0.15, -0.1) is 11.6 Å². The molecule has 0 aliphatic carbocycles. The third-order valence-electron chi connectivity index (χ3n) is 2.76. The van der Waals surface area contributed by atoms with E-state index in [2.05, 4.69) is 15.6 Å². The summed E-state index contributed by atoms with van der Waals surface area (Å²) in [5, 5.41) is 5.60. The second-order valence-electron chi connectivity index (χ2n) is 4.67. The molecule has 0 aromatic heterocycles. The molecule has 0 atom stereocenters. The number of anilines is 1. The molecule has 1 aromatic rings. The minimum absolute atomic E-state index is 0.190. The fourth-order valence-electron chi connectivity index (χ4n) is 1.93. The van der Waals surface area contributed by atoms with E-state index in [9.17, 15) is 4.79 Å². The molecule has 4 N–H and O–H groups in total. The monoisotopic (exact) mass is 266 g/mol. The average Bonchev–Trinajstić information content (AvgIpc) is 2.29. The van der Waals surface area contributed by atoms with Crippen LogP contribution in [0.3, 0.4) is 0 Å². The number of amidine groups is 1. The van der Waals surface area contributed by atoms with Crippen molar-refractivity contribution < 1.29 is 4.79 Å². The largest absolute Gasteiger partial charge is 0.386 e. The average molecular weight is 267 g/mol. The SMILES string of the molecule is CC1(C)NC(=O)Nc2ccc(N=C(N)CCl)cc21. The smallest absolute Gasteiger partial charge is 0.319 e. The van der Waals surface area contributed by atoms with Crippen molar-refractivity contribution in [2.45, 2.75) is 19.4 Å². The van der Waals surface area contributed by atoms with Crippen molar-refractivity contribution in [1.82, 2.24) is 5.32 Å². The number of alkyl halides is 1. The van der Waals surface area contributed by atoms with E-state index in [0.29, 0.717) is 5.84 Å². The van der Waals surface area contributed by atoms with Gasteiger partial charge in [-0.1, -0.05) is 0 Å². The van der Waals surface area contributed by atoms with Crippen molar-refractivity contribution in [3.63, 3.8) is 0 Å². The minimum Gasteiger partial charge on any atom is -0.386 e. The Morgan fingerprint density at radius 1 is 1.50 bits per heavy atom. The molecule has 1 heterocycles. The van der Waals surface area contributed by atoms with E-state index in [1.807, 2.05) is 26.0 Å². The second kappa shape index (κ2) is 4.49. The first kappa shape index (κ1) is 12.7. The number of nitrogens with one attached hydrogen (secondary N) is 2. The number of benzene rings is 1. The lowest BCUT2D eigenvalue weighted by atomic mass is 9.90. The lowest BCUT2D eigenvalue weighted by Gasteiger charge is -2.33. The molecule has 2 amide bonds. The van der Waals surface area contributed by atoms with Crippen LogP contribution in [0.25, 0.3) is 0 Å². The molecule has 6 heteroatoms. The van der Waals surface area contributed by atoms with Crippen molar-refractivity contribution in [2.75, 3.05) is 11.2 Å². The molecule has 1 aliphatic heterocycles. The Hall–Kier alpha value is -1.75. The lowest BCUT2D eigenvalue weighted by Crippen LogP contribution is -2.47. The zero-order valence-corrected chi connectivity index (χ0v) is 11.0. The summed E-state index contributed by atoms with van der Waals surface area (Å²) >= 11 is 5.60. The van der Waals surface area contributed by atoms with Crippen LogP contribution < -0.4 is 16.4 Å². The lowest BCUT2D eigenvalue weighted by molar-refractivity contribution is 0.239. The summed E-state index contributed by atoms with van der Waals surface area (Å²) in [6.07, 6.45) is 0. The number of hydrogen-bond donors (Lipinski definition) is 3. The molecule has 0 radical (unpaired) electrons. The number of nitrogens with two attached hydrogens (primary N) is 1. The van der Waals surface area contributed by atoms with Gasteiger partial charge in [-0.2, -0.15) is 0 Å². The molecule has 96 valence electrons. The molecule has 0 bridgehead atoms.